The predicted molar refractivity (Wildman–Crippen MR) is 99.0 cm³/mol. The van der Waals surface area contributed by atoms with Gasteiger partial charge in [-0.3, -0.25) is 9.59 Å². The van der Waals surface area contributed by atoms with Crippen molar-refractivity contribution in [3.8, 4) is 6.07 Å². The fourth-order valence-electron chi connectivity index (χ4n) is 2.26. The summed E-state index contributed by atoms with van der Waals surface area (Å²) >= 11 is 6.06. The van der Waals surface area contributed by atoms with Crippen molar-refractivity contribution in [3.63, 3.8) is 0 Å². The van der Waals surface area contributed by atoms with E-state index in [2.05, 4.69) is 5.32 Å². The van der Waals surface area contributed by atoms with Crippen LogP contribution in [0, 0.1) is 11.3 Å². The first-order valence-electron chi connectivity index (χ1n) is 8.00. The summed E-state index contributed by atoms with van der Waals surface area (Å²) in [6, 6.07) is 5.64. The van der Waals surface area contributed by atoms with Crippen LogP contribution in [0.3, 0.4) is 0 Å². The summed E-state index contributed by atoms with van der Waals surface area (Å²) in [5.41, 5.74) is -0.242. The second-order valence-corrected chi connectivity index (χ2v) is 7.89. The Kier molecular flexibility index (Phi) is 7.36. The summed E-state index contributed by atoms with van der Waals surface area (Å²) in [5, 5.41) is 22.4. The molecule has 1 amide bonds. The summed E-state index contributed by atoms with van der Waals surface area (Å²) in [4.78, 5) is 22.2. The number of anilines is 1. The van der Waals surface area contributed by atoms with Gasteiger partial charge in [-0.1, -0.05) is 11.6 Å². The molecule has 28 heavy (non-hydrogen) atoms. The molecule has 0 saturated carbocycles. The van der Waals surface area contributed by atoms with Gasteiger partial charge in [0.05, 0.1) is 28.8 Å². The monoisotopic (exact) mass is 428 g/mol. The van der Waals surface area contributed by atoms with Gasteiger partial charge in [-0.2, -0.15) is 9.57 Å². The maximum Gasteiger partial charge on any atom is 0.322 e. The van der Waals surface area contributed by atoms with Crippen LogP contribution in [-0.2, 0) is 24.3 Å². The first-order valence-corrected chi connectivity index (χ1v) is 9.81. The number of nitrogens with one attached hydrogen (secondary N) is 2. The third kappa shape index (κ3) is 5.43. The van der Waals surface area contributed by atoms with Gasteiger partial charge in [0, 0.05) is 19.3 Å². The third-order valence-corrected chi connectivity index (χ3v) is 5.91. The van der Waals surface area contributed by atoms with Gasteiger partial charge >= 0.3 is 5.97 Å². The maximum atomic E-state index is 12.7. The van der Waals surface area contributed by atoms with Crippen molar-refractivity contribution in [2.75, 3.05) is 38.2 Å². The Labute approximate surface area is 166 Å². The topological polar surface area (TPSA) is 149 Å². The minimum atomic E-state index is -3.76. The fraction of sp³-hybridized carbons (Fsp3) is 0.312. The van der Waals surface area contributed by atoms with Gasteiger partial charge in [0.2, 0.25) is 10.0 Å². The van der Waals surface area contributed by atoms with Crippen LogP contribution in [0.25, 0.3) is 0 Å². The molecular formula is C16H17ClN4O6S. The number of halogens is 1. The number of hydrogen-bond donors (Lipinski definition) is 3. The molecule has 10 nitrogen and oxygen atoms in total. The molecule has 12 heteroatoms. The molecule has 1 aromatic rings. The number of aliphatic carboxylic acids is 1. The largest absolute Gasteiger partial charge is 0.480 e. The number of nitriles is 1. The smallest absolute Gasteiger partial charge is 0.322 e. The molecule has 150 valence electrons. The summed E-state index contributed by atoms with van der Waals surface area (Å²) in [6.45, 7) is 0.424. The first kappa shape index (κ1) is 21.6. The van der Waals surface area contributed by atoms with Crippen LogP contribution in [0.2, 0.25) is 5.02 Å². The number of carboxylic acids is 1. The Bertz CT molecular complexity index is 935. The number of amides is 1. The van der Waals surface area contributed by atoms with E-state index in [4.69, 9.17) is 26.7 Å². The SMILES string of the molecule is N#C/C(=C/Nc1cc(S(=O)(=O)N2CCOCC2)ccc1Cl)C(=O)NCC(=O)O. The lowest BCUT2D eigenvalue weighted by atomic mass is 10.2. The molecule has 0 atom stereocenters. The molecule has 2 rings (SSSR count). The van der Waals surface area contributed by atoms with Crippen LogP contribution in [-0.4, -0.2) is 62.6 Å². The highest BCUT2D eigenvalue weighted by molar-refractivity contribution is 7.89. The van der Waals surface area contributed by atoms with Gasteiger partial charge in [-0.25, -0.2) is 8.42 Å². The number of sulfonamides is 1. The number of carbonyl (C=O) groups excluding carboxylic acids is 1. The van der Waals surface area contributed by atoms with Gasteiger partial charge in [0.25, 0.3) is 5.91 Å². The molecule has 0 aromatic heterocycles. The highest BCUT2D eigenvalue weighted by Gasteiger charge is 2.26. The molecule has 1 aliphatic rings. The number of nitrogens with zero attached hydrogens (tertiary/aromatic N) is 2. The predicted octanol–water partition coefficient (Wildman–Crippen LogP) is 0.381. The Morgan fingerprint density at radius 2 is 2.04 bits per heavy atom. The van der Waals surface area contributed by atoms with Crippen LogP contribution in [0.15, 0.2) is 34.9 Å². The number of rotatable bonds is 7. The van der Waals surface area contributed by atoms with Crippen molar-refractivity contribution in [2.45, 2.75) is 4.90 Å². The van der Waals surface area contributed by atoms with E-state index in [-0.39, 0.29) is 28.7 Å². The second-order valence-electron chi connectivity index (χ2n) is 5.55. The van der Waals surface area contributed by atoms with Gasteiger partial charge in [0.1, 0.15) is 18.2 Å². The van der Waals surface area contributed by atoms with Crippen molar-refractivity contribution >= 4 is 39.2 Å². The minimum Gasteiger partial charge on any atom is -0.480 e. The lowest BCUT2D eigenvalue weighted by Crippen LogP contribution is -2.40. The Morgan fingerprint density at radius 1 is 1.36 bits per heavy atom. The normalized spacial score (nSPS) is 15.5. The molecule has 1 saturated heterocycles. The molecular weight excluding hydrogens is 412 g/mol. The van der Waals surface area contributed by atoms with Gasteiger partial charge in [0.15, 0.2) is 0 Å². The summed E-state index contributed by atoms with van der Waals surface area (Å²) in [6.07, 6.45) is 1.02. The maximum absolute atomic E-state index is 12.7. The number of ether oxygens (including phenoxy) is 1. The first-order chi connectivity index (χ1) is 13.3. The van der Waals surface area contributed by atoms with Crippen molar-refractivity contribution in [2.24, 2.45) is 0 Å². The number of carboxylic acid groups (broad SMARTS) is 1. The molecule has 3 N–H and O–H groups in total. The van der Waals surface area contributed by atoms with E-state index in [0.717, 1.165) is 6.20 Å². The van der Waals surface area contributed by atoms with Crippen molar-refractivity contribution < 1.29 is 27.9 Å². The number of morpholine rings is 1. The average molecular weight is 429 g/mol. The van der Waals surface area contributed by atoms with E-state index in [1.807, 2.05) is 5.32 Å². The molecule has 1 fully saturated rings. The van der Waals surface area contributed by atoms with Crippen molar-refractivity contribution in [3.05, 3.63) is 35.0 Å². The Balaban J connectivity index is 2.22. The van der Waals surface area contributed by atoms with Crippen LogP contribution >= 0.6 is 11.6 Å². The zero-order valence-corrected chi connectivity index (χ0v) is 16.1. The standard InChI is InChI=1S/C16H17ClN4O6S/c17-13-2-1-12(28(25,26)21-3-5-27-6-4-21)7-14(13)19-9-11(8-18)16(24)20-10-15(22)23/h1-2,7,9,19H,3-6,10H2,(H,20,24)(H,22,23)/b11-9-. The van der Waals surface area contributed by atoms with Crippen molar-refractivity contribution in [1.82, 2.24) is 9.62 Å². The summed E-state index contributed by atoms with van der Waals surface area (Å²) in [7, 11) is -3.76. The molecule has 0 spiro atoms. The Hall–Kier alpha value is -2.65. The molecule has 1 aromatic carbocycles. The summed E-state index contributed by atoms with van der Waals surface area (Å²) < 4.78 is 31.9. The quantitative estimate of drug-likeness (QED) is 0.417. The van der Waals surface area contributed by atoms with Crippen molar-refractivity contribution in [1.29, 1.82) is 5.26 Å². The minimum absolute atomic E-state index is 0.0106. The van der Waals surface area contributed by atoms with Crippen LogP contribution in [0.5, 0.6) is 0 Å². The fourth-order valence-corrected chi connectivity index (χ4v) is 3.87. The zero-order chi connectivity index (χ0) is 20.7. The second kappa shape index (κ2) is 9.52. The Morgan fingerprint density at radius 3 is 2.64 bits per heavy atom. The van der Waals surface area contributed by atoms with E-state index < -0.39 is 34.0 Å². The van der Waals surface area contributed by atoms with E-state index in [1.54, 1.807) is 6.07 Å². The lowest BCUT2D eigenvalue weighted by Gasteiger charge is -2.26. The van der Waals surface area contributed by atoms with E-state index >= 15 is 0 Å². The number of benzene rings is 1. The molecule has 0 unspecified atom stereocenters. The molecule has 1 aliphatic heterocycles. The molecule has 0 bridgehead atoms. The summed E-state index contributed by atoms with van der Waals surface area (Å²) in [5.74, 6) is -2.16. The van der Waals surface area contributed by atoms with Crippen LogP contribution in [0.1, 0.15) is 0 Å². The van der Waals surface area contributed by atoms with E-state index in [1.165, 1.54) is 22.5 Å². The lowest BCUT2D eigenvalue weighted by molar-refractivity contribution is -0.137. The molecule has 0 radical (unpaired) electrons. The average Bonchev–Trinajstić information content (AvgIpc) is 2.68. The third-order valence-electron chi connectivity index (χ3n) is 3.68. The van der Waals surface area contributed by atoms with E-state index in [9.17, 15) is 18.0 Å². The number of carbonyl (C=O) groups is 2. The van der Waals surface area contributed by atoms with Gasteiger partial charge in [-0.15, -0.1) is 0 Å². The molecule has 0 aliphatic carbocycles. The number of hydrogen-bond acceptors (Lipinski definition) is 7. The molecule has 1 heterocycles. The van der Waals surface area contributed by atoms with Crippen LogP contribution in [0.4, 0.5) is 5.69 Å². The highest BCUT2D eigenvalue weighted by Crippen LogP contribution is 2.27. The van der Waals surface area contributed by atoms with Gasteiger partial charge in [-0.05, 0) is 18.2 Å². The zero-order valence-electron chi connectivity index (χ0n) is 14.5. The van der Waals surface area contributed by atoms with Gasteiger partial charge < -0.3 is 20.5 Å². The highest BCUT2D eigenvalue weighted by atomic mass is 35.5. The van der Waals surface area contributed by atoms with E-state index in [0.29, 0.717) is 13.2 Å². The van der Waals surface area contributed by atoms with Crippen LogP contribution < -0.4 is 10.6 Å².